The molecule has 3 N–H and O–H groups in total. The molecule has 0 heterocycles. The second-order valence-corrected chi connectivity index (χ2v) is 5.61. The number of rotatable bonds is 6. The summed E-state index contributed by atoms with van der Waals surface area (Å²) in [7, 11) is 0. The highest BCUT2D eigenvalue weighted by atomic mass is 35.5. The Kier molecular flexibility index (Phi) is 5.89. The van der Waals surface area contributed by atoms with E-state index in [1.165, 1.54) is 12.1 Å². The van der Waals surface area contributed by atoms with Crippen molar-refractivity contribution in [3.8, 4) is 5.75 Å². The van der Waals surface area contributed by atoms with Gasteiger partial charge in [-0.25, -0.2) is 4.79 Å². The van der Waals surface area contributed by atoms with Crippen molar-refractivity contribution in [1.29, 1.82) is 0 Å². The molecule has 0 saturated carbocycles. The van der Waals surface area contributed by atoms with Gasteiger partial charge in [0.05, 0.1) is 22.2 Å². The van der Waals surface area contributed by atoms with Gasteiger partial charge < -0.3 is 20.3 Å². The lowest BCUT2D eigenvalue weighted by Gasteiger charge is -2.14. The van der Waals surface area contributed by atoms with E-state index in [-0.39, 0.29) is 22.2 Å². The molecule has 8 heteroatoms. The average Bonchev–Trinajstić information content (AvgIpc) is 2.50. The summed E-state index contributed by atoms with van der Waals surface area (Å²) < 4.78 is 4.62. The smallest absolute Gasteiger partial charge is 0.341 e. The van der Waals surface area contributed by atoms with Crippen molar-refractivity contribution in [3.63, 3.8) is 0 Å². The minimum Gasteiger partial charge on any atom is -0.508 e. The zero-order valence-corrected chi connectivity index (χ0v) is 13.8. The number of phenols is 1. The fourth-order valence-electron chi connectivity index (χ4n) is 1.96. The number of aliphatic carboxylic acids is 1. The highest BCUT2D eigenvalue weighted by Gasteiger charge is 2.13. The SMILES string of the molecule is O=C(O)COC(=O)Cc1ccccc1Nc1c(Cl)cc(O)cc1Cl. The molecule has 0 aliphatic carbocycles. The lowest BCUT2D eigenvalue weighted by Crippen LogP contribution is -2.15. The Morgan fingerprint density at radius 3 is 2.38 bits per heavy atom. The highest BCUT2D eigenvalue weighted by molar-refractivity contribution is 6.39. The van der Waals surface area contributed by atoms with Crippen LogP contribution >= 0.6 is 23.2 Å². The Balaban J connectivity index is 2.20. The number of hydrogen-bond acceptors (Lipinski definition) is 5. The van der Waals surface area contributed by atoms with Crippen LogP contribution in [0.4, 0.5) is 11.4 Å². The molecule has 0 atom stereocenters. The Labute approximate surface area is 147 Å². The summed E-state index contributed by atoms with van der Waals surface area (Å²) in [5.74, 6) is -1.96. The second kappa shape index (κ2) is 7.90. The number of esters is 1. The molecular weight excluding hydrogens is 357 g/mol. The quantitative estimate of drug-likeness (QED) is 0.531. The number of phenolic OH excluding ortho intramolecular Hbond substituents is 1. The van der Waals surface area contributed by atoms with Crippen molar-refractivity contribution in [2.24, 2.45) is 0 Å². The first-order valence-electron chi connectivity index (χ1n) is 6.77. The molecule has 0 aliphatic rings. The second-order valence-electron chi connectivity index (χ2n) is 4.80. The number of aromatic hydroxyl groups is 1. The third-order valence-electron chi connectivity index (χ3n) is 3.00. The van der Waals surface area contributed by atoms with Crippen LogP contribution in [0.25, 0.3) is 0 Å². The molecule has 0 unspecified atom stereocenters. The molecule has 0 spiro atoms. The number of anilines is 2. The maximum absolute atomic E-state index is 11.7. The van der Waals surface area contributed by atoms with Crippen LogP contribution in [0.5, 0.6) is 5.75 Å². The van der Waals surface area contributed by atoms with Gasteiger partial charge in [-0.3, -0.25) is 4.79 Å². The molecular formula is C16H13Cl2NO5. The standard InChI is InChI=1S/C16H13Cl2NO5/c17-11-6-10(20)7-12(18)16(11)19-13-4-2-1-3-9(13)5-15(23)24-8-14(21)22/h1-4,6-7,19-20H,5,8H2,(H,21,22). The van der Waals surface area contributed by atoms with Crippen LogP contribution in [0.15, 0.2) is 36.4 Å². The monoisotopic (exact) mass is 369 g/mol. The fraction of sp³-hybridized carbons (Fsp3) is 0.125. The first kappa shape index (κ1) is 17.9. The molecule has 0 fully saturated rings. The Morgan fingerprint density at radius 2 is 1.75 bits per heavy atom. The number of hydrogen-bond donors (Lipinski definition) is 3. The van der Waals surface area contributed by atoms with Crippen LogP contribution in [0.3, 0.4) is 0 Å². The highest BCUT2D eigenvalue weighted by Crippen LogP contribution is 2.37. The van der Waals surface area contributed by atoms with E-state index in [2.05, 4.69) is 10.1 Å². The molecule has 0 amide bonds. The summed E-state index contributed by atoms with van der Waals surface area (Å²) in [6, 6.07) is 9.53. The number of carbonyl (C=O) groups is 2. The van der Waals surface area contributed by atoms with Gasteiger partial charge in [0, 0.05) is 17.8 Å². The number of para-hydroxylation sites is 1. The molecule has 0 aliphatic heterocycles. The summed E-state index contributed by atoms with van der Waals surface area (Å²) in [6.45, 7) is -0.690. The largest absolute Gasteiger partial charge is 0.508 e. The Hall–Kier alpha value is -2.44. The number of carboxylic acids is 1. The van der Waals surface area contributed by atoms with Crippen molar-refractivity contribution in [1.82, 2.24) is 0 Å². The van der Waals surface area contributed by atoms with E-state index < -0.39 is 18.5 Å². The van der Waals surface area contributed by atoms with E-state index in [9.17, 15) is 14.7 Å². The van der Waals surface area contributed by atoms with Crippen molar-refractivity contribution < 1.29 is 24.5 Å². The summed E-state index contributed by atoms with van der Waals surface area (Å²) in [5.41, 5.74) is 1.51. The summed E-state index contributed by atoms with van der Waals surface area (Å²) >= 11 is 12.1. The van der Waals surface area contributed by atoms with Gasteiger partial charge in [0.2, 0.25) is 0 Å². The lowest BCUT2D eigenvalue weighted by atomic mass is 10.1. The van der Waals surface area contributed by atoms with Crippen LogP contribution in [-0.4, -0.2) is 28.8 Å². The van der Waals surface area contributed by atoms with Gasteiger partial charge in [-0.05, 0) is 11.6 Å². The van der Waals surface area contributed by atoms with E-state index in [0.29, 0.717) is 16.9 Å². The number of halogens is 2. The van der Waals surface area contributed by atoms with E-state index in [1.54, 1.807) is 24.3 Å². The zero-order chi connectivity index (χ0) is 17.7. The predicted molar refractivity (Wildman–Crippen MR) is 90.2 cm³/mol. The maximum Gasteiger partial charge on any atom is 0.341 e. The number of carboxylic acid groups (broad SMARTS) is 1. The topological polar surface area (TPSA) is 95.9 Å². The van der Waals surface area contributed by atoms with Crippen LogP contribution in [0.2, 0.25) is 10.0 Å². The van der Waals surface area contributed by atoms with Crippen molar-refractivity contribution in [3.05, 3.63) is 52.0 Å². The molecule has 24 heavy (non-hydrogen) atoms. The molecule has 126 valence electrons. The fourth-order valence-corrected chi connectivity index (χ4v) is 2.53. The number of carbonyl (C=O) groups excluding carboxylic acids is 1. The lowest BCUT2D eigenvalue weighted by molar-refractivity contribution is -0.154. The minimum absolute atomic E-state index is 0.0684. The van der Waals surface area contributed by atoms with Crippen LogP contribution in [0, 0.1) is 0 Å². The van der Waals surface area contributed by atoms with Gasteiger partial charge in [0.25, 0.3) is 0 Å². The van der Waals surface area contributed by atoms with Gasteiger partial charge in [-0.1, -0.05) is 41.4 Å². The number of nitrogens with one attached hydrogen (secondary N) is 1. The molecule has 0 bridgehead atoms. The summed E-state index contributed by atoms with van der Waals surface area (Å²) in [6.07, 6.45) is -0.121. The summed E-state index contributed by atoms with van der Waals surface area (Å²) in [5, 5.41) is 21.4. The molecule has 2 rings (SSSR count). The molecule has 0 radical (unpaired) electrons. The van der Waals surface area contributed by atoms with E-state index in [4.69, 9.17) is 28.3 Å². The maximum atomic E-state index is 11.7. The van der Waals surface area contributed by atoms with E-state index in [1.807, 2.05) is 0 Å². The Morgan fingerprint density at radius 1 is 1.12 bits per heavy atom. The van der Waals surface area contributed by atoms with E-state index in [0.717, 1.165) is 0 Å². The first-order valence-corrected chi connectivity index (χ1v) is 7.52. The minimum atomic E-state index is -1.22. The Bertz CT molecular complexity index is 756. The summed E-state index contributed by atoms with van der Waals surface area (Å²) in [4.78, 5) is 22.1. The van der Waals surface area contributed by atoms with Gasteiger partial charge in [0.1, 0.15) is 5.75 Å². The zero-order valence-electron chi connectivity index (χ0n) is 12.3. The van der Waals surface area contributed by atoms with E-state index >= 15 is 0 Å². The normalized spacial score (nSPS) is 10.2. The molecule has 2 aromatic carbocycles. The number of ether oxygens (including phenoxy) is 1. The van der Waals surface area contributed by atoms with Crippen molar-refractivity contribution >= 4 is 46.5 Å². The van der Waals surface area contributed by atoms with Crippen LogP contribution in [0.1, 0.15) is 5.56 Å². The third-order valence-corrected chi connectivity index (χ3v) is 3.59. The van der Waals surface area contributed by atoms with Gasteiger partial charge in [-0.15, -0.1) is 0 Å². The van der Waals surface area contributed by atoms with Crippen LogP contribution in [-0.2, 0) is 20.7 Å². The third kappa shape index (κ3) is 4.78. The first-order chi connectivity index (χ1) is 11.4. The molecule has 0 saturated heterocycles. The predicted octanol–water partition coefficient (Wildman–Crippen LogP) is 3.61. The average molecular weight is 370 g/mol. The molecule has 6 nitrogen and oxygen atoms in total. The van der Waals surface area contributed by atoms with Gasteiger partial charge >= 0.3 is 11.9 Å². The molecule has 0 aromatic heterocycles. The van der Waals surface area contributed by atoms with Gasteiger partial charge in [0.15, 0.2) is 6.61 Å². The molecule has 2 aromatic rings. The van der Waals surface area contributed by atoms with Crippen molar-refractivity contribution in [2.45, 2.75) is 6.42 Å². The van der Waals surface area contributed by atoms with Crippen molar-refractivity contribution in [2.75, 3.05) is 11.9 Å². The van der Waals surface area contributed by atoms with Gasteiger partial charge in [-0.2, -0.15) is 0 Å². The number of benzene rings is 2. The van der Waals surface area contributed by atoms with Crippen LogP contribution < -0.4 is 5.32 Å².